The monoisotopic (exact) mass is 495 g/mol. The summed E-state index contributed by atoms with van der Waals surface area (Å²) in [6, 6.07) is 13.8. The zero-order chi connectivity index (χ0) is 21.7. The summed E-state index contributed by atoms with van der Waals surface area (Å²) in [4.78, 5) is 24.2. The van der Waals surface area contributed by atoms with Gasteiger partial charge in [-0.1, -0.05) is 45.8 Å². The molecule has 0 spiro atoms. The lowest BCUT2D eigenvalue weighted by molar-refractivity contribution is -0.139. The third kappa shape index (κ3) is 5.45. The Balaban J connectivity index is 1.54. The fraction of sp³-hybridized carbons (Fsp3) is 0.300. The molecule has 0 aliphatic carbocycles. The van der Waals surface area contributed by atoms with Crippen molar-refractivity contribution >= 4 is 37.8 Å². The summed E-state index contributed by atoms with van der Waals surface area (Å²) < 4.78 is 33.1. The molecular weight excluding hydrogens is 474 g/mol. The first-order valence-corrected chi connectivity index (χ1v) is 11.5. The number of carbonyl (C=O) groups is 2. The first kappa shape index (κ1) is 22.4. The number of amides is 2. The van der Waals surface area contributed by atoms with Crippen LogP contribution in [0.4, 0.5) is 0 Å². The Morgan fingerprint density at radius 3 is 2.37 bits per heavy atom. The van der Waals surface area contributed by atoms with Crippen molar-refractivity contribution in [3.05, 3.63) is 64.1 Å². The van der Waals surface area contributed by atoms with Crippen molar-refractivity contribution in [1.29, 1.82) is 0 Å². The molecule has 30 heavy (non-hydrogen) atoms. The van der Waals surface area contributed by atoms with Crippen molar-refractivity contribution in [2.75, 3.05) is 19.7 Å². The molecule has 160 valence electrons. The number of hydrogen-bond acceptors (Lipinski definition) is 5. The second-order valence-electron chi connectivity index (χ2n) is 6.77. The molecule has 1 aliphatic heterocycles. The number of rotatable bonds is 6. The van der Waals surface area contributed by atoms with Gasteiger partial charge in [0.2, 0.25) is 10.0 Å². The lowest BCUT2D eigenvalue weighted by Crippen LogP contribution is -2.47. The largest absolute Gasteiger partial charge is 0.359 e. The number of hydrogen-bond donors (Lipinski definition) is 2. The predicted molar refractivity (Wildman–Crippen MR) is 114 cm³/mol. The highest BCUT2D eigenvalue weighted by Crippen LogP contribution is 2.23. The van der Waals surface area contributed by atoms with Gasteiger partial charge in [0.25, 0.3) is 0 Å². The number of nitrogens with zero attached hydrogens (tertiary/aromatic N) is 1. The number of ether oxygens (including phenoxy) is 1. The Morgan fingerprint density at radius 1 is 1.07 bits per heavy atom. The molecule has 0 bridgehead atoms. The van der Waals surface area contributed by atoms with Crippen molar-refractivity contribution in [3.63, 3.8) is 0 Å². The molecule has 0 aromatic heterocycles. The average molecular weight is 496 g/mol. The maximum Gasteiger partial charge on any atom is 0.309 e. The van der Waals surface area contributed by atoms with Gasteiger partial charge in [-0.3, -0.25) is 9.59 Å². The topological polar surface area (TPSA) is 105 Å². The van der Waals surface area contributed by atoms with Crippen LogP contribution in [-0.4, -0.2) is 50.5 Å². The maximum atomic E-state index is 12.9. The number of halogens is 1. The third-order valence-corrected chi connectivity index (χ3v) is 7.01. The van der Waals surface area contributed by atoms with Crippen LogP contribution in [0.3, 0.4) is 0 Å². The normalized spacial score (nSPS) is 16.9. The summed E-state index contributed by atoms with van der Waals surface area (Å²) in [5.41, 5.74) is 1.97. The van der Waals surface area contributed by atoms with Gasteiger partial charge in [-0.15, -0.1) is 0 Å². The summed E-state index contributed by atoms with van der Waals surface area (Å²) in [7, 11) is -3.79. The Morgan fingerprint density at radius 2 is 1.70 bits per heavy atom. The predicted octanol–water partition coefficient (Wildman–Crippen LogP) is 1.54. The highest BCUT2D eigenvalue weighted by atomic mass is 79.9. The van der Waals surface area contributed by atoms with Crippen molar-refractivity contribution in [3.8, 4) is 0 Å². The number of carbonyl (C=O) groups excluding carboxylic acids is 2. The minimum Gasteiger partial charge on any atom is -0.359 e. The Kier molecular flexibility index (Phi) is 7.24. The van der Waals surface area contributed by atoms with Crippen LogP contribution in [0.15, 0.2) is 57.9 Å². The minimum atomic E-state index is -3.79. The lowest BCUT2D eigenvalue weighted by atomic mass is 10.1. The van der Waals surface area contributed by atoms with Gasteiger partial charge in [0.15, 0.2) is 0 Å². The third-order valence-electron chi connectivity index (χ3n) is 4.58. The zero-order valence-corrected chi connectivity index (χ0v) is 18.7. The summed E-state index contributed by atoms with van der Waals surface area (Å²) in [6.07, 6.45) is -0.882. The van der Waals surface area contributed by atoms with Gasteiger partial charge in [-0.05, 0) is 36.8 Å². The maximum absolute atomic E-state index is 12.9. The smallest absolute Gasteiger partial charge is 0.309 e. The van der Waals surface area contributed by atoms with Crippen LogP contribution >= 0.6 is 15.9 Å². The minimum absolute atomic E-state index is 0.128. The van der Waals surface area contributed by atoms with Gasteiger partial charge in [-0.25, -0.2) is 8.42 Å². The van der Waals surface area contributed by atoms with E-state index in [2.05, 4.69) is 26.6 Å². The van der Waals surface area contributed by atoms with Crippen molar-refractivity contribution < 1.29 is 22.7 Å². The summed E-state index contributed by atoms with van der Waals surface area (Å²) in [5.74, 6) is -1.64. The molecular formula is C20H22BrN3O5S. The molecule has 1 saturated heterocycles. The summed E-state index contributed by atoms with van der Waals surface area (Å²) in [6.45, 7) is 2.42. The van der Waals surface area contributed by atoms with E-state index in [4.69, 9.17) is 4.74 Å². The molecule has 2 aromatic rings. The number of aryl methyl sites for hydroxylation is 1. The van der Waals surface area contributed by atoms with E-state index in [0.717, 1.165) is 15.6 Å². The molecule has 1 atom stereocenters. The van der Waals surface area contributed by atoms with E-state index in [1.165, 1.54) is 16.4 Å². The van der Waals surface area contributed by atoms with Gasteiger partial charge in [0.05, 0.1) is 18.0 Å². The van der Waals surface area contributed by atoms with E-state index in [1.807, 2.05) is 31.2 Å². The molecule has 2 N–H and O–H groups in total. The molecule has 8 nitrogen and oxygen atoms in total. The molecule has 1 aliphatic rings. The highest BCUT2D eigenvalue weighted by molar-refractivity contribution is 9.10. The Labute approximate surface area is 183 Å². The molecule has 1 fully saturated rings. The van der Waals surface area contributed by atoms with Crippen LogP contribution in [0.2, 0.25) is 0 Å². The quantitative estimate of drug-likeness (QED) is 0.591. The van der Waals surface area contributed by atoms with E-state index in [-0.39, 0.29) is 31.1 Å². The van der Waals surface area contributed by atoms with Gasteiger partial charge >= 0.3 is 11.8 Å². The Bertz CT molecular complexity index is 1010. The summed E-state index contributed by atoms with van der Waals surface area (Å²) in [5, 5.41) is 4.98. The number of nitrogens with one attached hydrogen (secondary N) is 2. The first-order chi connectivity index (χ1) is 14.3. The fourth-order valence-corrected chi connectivity index (χ4v) is 4.69. The van der Waals surface area contributed by atoms with E-state index in [0.29, 0.717) is 0 Å². The standard InChI is InChI=1S/C20H22BrN3O5S/c1-14-2-4-15(5-3-14)12-22-19(25)20(26)23-13-18-24(10-11-29-18)30(27,28)17-8-6-16(21)7-9-17/h2-9,18H,10-13H2,1H3,(H,22,25)(H,23,26)/t18-/m1/s1. The summed E-state index contributed by atoms with van der Waals surface area (Å²) >= 11 is 3.27. The van der Waals surface area contributed by atoms with Crippen LogP contribution < -0.4 is 10.6 Å². The lowest BCUT2D eigenvalue weighted by Gasteiger charge is -2.22. The van der Waals surface area contributed by atoms with Gasteiger partial charge in [-0.2, -0.15) is 4.31 Å². The van der Waals surface area contributed by atoms with Crippen LogP contribution in [0.5, 0.6) is 0 Å². The van der Waals surface area contributed by atoms with Crippen molar-refractivity contribution in [2.24, 2.45) is 0 Å². The average Bonchev–Trinajstić information content (AvgIpc) is 3.21. The van der Waals surface area contributed by atoms with Crippen LogP contribution in [0.25, 0.3) is 0 Å². The van der Waals surface area contributed by atoms with Crippen molar-refractivity contribution in [2.45, 2.75) is 24.6 Å². The number of sulfonamides is 1. The molecule has 3 rings (SSSR count). The molecule has 10 heteroatoms. The molecule has 0 saturated carbocycles. The molecule has 0 unspecified atom stereocenters. The zero-order valence-electron chi connectivity index (χ0n) is 16.3. The van der Waals surface area contributed by atoms with E-state index >= 15 is 0 Å². The Hall–Kier alpha value is -2.27. The van der Waals surface area contributed by atoms with Gasteiger partial charge in [0, 0.05) is 17.6 Å². The van der Waals surface area contributed by atoms with E-state index < -0.39 is 28.1 Å². The highest BCUT2D eigenvalue weighted by Gasteiger charge is 2.36. The SMILES string of the molecule is Cc1ccc(CNC(=O)C(=O)NC[C@H]2OCCN2S(=O)(=O)c2ccc(Br)cc2)cc1. The molecule has 2 amide bonds. The van der Waals surface area contributed by atoms with E-state index in [1.54, 1.807) is 12.1 Å². The van der Waals surface area contributed by atoms with E-state index in [9.17, 15) is 18.0 Å². The van der Waals surface area contributed by atoms with Crippen LogP contribution in [0.1, 0.15) is 11.1 Å². The molecule has 1 heterocycles. The van der Waals surface area contributed by atoms with Gasteiger partial charge in [0.1, 0.15) is 6.23 Å². The van der Waals surface area contributed by atoms with Crippen LogP contribution in [0, 0.1) is 6.92 Å². The second-order valence-corrected chi connectivity index (χ2v) is 9.58. The first-order valence-electron chi connectivity index (χ1n) is 9.28. The van der Waals surface area contributed by atoms with Crippen molar-refractivity contribution in [1.82, 2.24) is 14.9 Å². The van der Waals surface area contributed by atoms with Crippen LogP contribution in [-0.2, 0) is 30.9 Å². The fourth-order valence-electron chi connectivity index (χ4n) is 2.91. The molecule has 0 radical (unpaired) electrons. The second kappa shape index (κ2) is 9.69. The molecule has 2 aromatic carbocycles. The van der Waals surface area contributed by atoms with Gasteiger partial charge < -0.3 is 15.4 Å². The number of benzene rings is 2.